The van der Waals surface area contributed by atoms with Crippen LogP contribution < -0.4 is 5.32 Å². The molecule has 0 atom stereocenters. The fraction of sp³-hybridized carbons (Fsp3) is 0.500. The van der Waals surface area contributed by atoms with E-state index in [-0.39, 0.29) is 42.9 Å². The lowest BCUT2D eigenvalue weighted by Crippen LogP contribution is -2.38. The van der Waals surface area contributed by atoms with Gasteiger partial charge in [0.1, 0.15) is 0 Å². The average molecular weight is 473 g/mol. The minimum absolute atomic E-state index is 0. The molecule has 0 bridgehead atoms. The van der Waals surface area contributed by atoms with Gasteiger partial charge in [-0.25, -0.2) is 0 Å². The smallest absolute Gasteiger partial charge is 0.416 e. The molecular weight excluding hydrogens is 450 g/mol. The zero-order valence-corrected chi connectivity index (χ0v) is 16.7. The van der Waals surface area contributed by atoms with Crippen LogP contribution in [0.15, 0.2) is 29.3 Å². The second-order valence-electron chi connectivity index (χ2n) is 5.11. The van der Waals surface area contributed by atoms with Crippen molar-refractivity contribution >= 4 is 35.9 Å². The number of alkyl halides is 3. The number of aliphatic imine (C=N–C) groups is 1. The monoisotopic (exact) mass is 473 g/mol. The lowest BCUT2D eigenvalue weighted by molar-refractivity contribution is -0.140. The van der Waals surface area contributed by atoms with Gasteiger partial charge in [-0.3, -0.25) is 9.79 Å². The summed E-state index contributed by atoms with van der Waals surface area (Å²) in [5, 5.41) is 3.07. The fourth-order valence-corrected chi connectivity index (χ4v) is 1.97. The van der Waals surface area contributed by atoms with Crippen molar-refractivity contribution in [3.05, 3.63) is 35.4 Å². The van der Waals surface area contributed by atoms with E-state index in [1.54, 1.807) is 11.9 Å². The van der Waals surface area contributed by atoms with E-state index in [1.807, 2.05) is 6.92 Å². The summed E-state index contributed by atoms with van der Waals surface area (Å²) in [6.45, 7) is 3.20. The van der Waals surface area contributed by atoms with Crippen LogP contribution in [0.3, 0.4) is 0 Å². The van der Waals surface area contributed by atoms with Crippen LogP contribution in [-0.4, -0.2) is 44.1 Å². The summed E-state index contributed by atoms with van der Waals surface area (Å²) in [4.78, 5) is 17.2. The van der Waals surface area contributed by atoms with Crippen molar-refractivity contribution in [2.45, 2.75) is 26.1 Å². The lowest BCUT2D eigenvalue weighted by Gasteiger charge is -2.22. The van der Waals surface area contributed by atoms with Gasteiger partial charge in [-0.15, -0.1) is 24.0 Å². The van der Waals surface area contributed by atoms with E-state index in [9.17, 15) is 18.0 Å². The first-order valence-electron chi connectivity index (χ1n) is 7.50. The highest BCUT2D eigenvalue weighted by Crippen LogP contribution is 2.29. The molecule has 1 N–H and O–H groups in total. The Morgan fingerprint density at radius 1 is 1.28 bits per heavy atom. The molecule has 0 aliphatic heterocycles. The number of benzene rings is 1. The van der Waals surface area contributed by atoms with E-state index in [4.69, 9.17) is 0 Å². The van der Waals surface area contributed by atoms with Crippen molar-refractivity contribution in [3.63, 3.8) is 0 Å². The maximum absolute atomic E-state index is 12.6. The maximum Gasteiger partial charge on any atom is 0.416 e. The second kappa shape index (κ2) is 11.2. The molecule has 0 fully saturated rings. The Labute approximate surface area is 162 Å². The maximum atomic E-state index is 12.6. The number of nitrogens with zero attached hydrogens (tertiary/aromatic N) is 2. The van der Waals surface area contributed by atoms with Gasteiger partial charge >= 0.3 is 12.1 Å². The molecular formula is C16H23F3IN3O2. The van der Waals surface area contributed by atoms with Crippen molar-refractivity contribution in [2.75, 3.05) is 27.2 Å². The summed E-state index contributed by atoms with van der Waals surface area (Å²) in [6.07, 6.45) is -4.17. The second-order valence-corrected chi connectivity index (χ2v) is 5.11. The summed E-state index contributed by atoms with van der Waals surface area (Å²) in [5.41, 5.74) is 0.0524. The number of rotatable bonds is 6. The van der Waals surface area contributed by atoms with Gasteiger partial charge in [-0.05, 0) is 24.6 Å². The summed E-state index contributed by atoms with van der Waals surface area (Å²) < 4.78 is 42.3. The number of ether oxygens (including phenoxy) is 1. The molecule has 0 aromatic heterocycles. The molecule has 1 rings (SSSR count). The van der Waals surface area contributed by atoms with Gasteiger partial charge in [0, 0.05) is 20.1 Å². The summed E-state index contributed by atoms with van der Waals surface area (Å²) >= 11 is 0. The van der Waals surface area contributed by atoms with E-state index in [2.05, 4.69) is 15.0 Å². The third kappa shape index (κ3) is 8.41. The number of halogens is 4. The average Bonchev–Trinajstić information content (AvgIpc) is 2.53. The summed E-state index contributed by atoms with van der Waals surface area (Å²) in [6, 6.07) is 5.00. The van der Waals surface area contributed by atoms with E-state index in [1.165, 1.54) is 19.2 Å². The highest BCUT2D eigenvalue weighted by atomic mass is 127. The van der Waals surface area contributed by atoms with Gasteiger partial charge in [0.15, 0.2) is 5.96 Å². The van der Waals surface area contributed by atoms with E-state index in [0.29, 0.717) is 19.0 Å². The molecule has 5 nitrogen and oxygen atoms in total. The van der Waals surface area contributed by atoms with E-state index >= 15 is 0 Å². The quantitative estimate of drug-likeness (QED) is 0.298. The number of esters is 1. The minimum Gasteiger partial charge on any atom is -0.469 e. The van der Waals surface area contributed by atoms with Gasteiger partial charge < -0.3 is 15.0 Å². The largest absolute Gasteiger partial charge is 0.469 e. The number of hydrogen-bond donors (Lipinski definition) is 1. The number of hydrogen-bond acceptors (Lipinski definition) is 3. The number of nitrogens with one attached hydrogen (secondary N) is 1. The van der Waals surface area contributed by atoms with Crippen LogP contribution in [0.4, 0.5) is 13.2 Å². The molecule has 0 amide bonds. The molecule has 0 saturated heterocycles. The van der Waals surface area contributed by atoms with Gasteiger partial charge in [0.25, 0.3) is 0 Å². The van der Waals surface area contributed by atoms with Crippen LogP contribution in [0.2, 0.25) is 0 Å². The predicted octanol–water partition coefficient (Wildman–Crippen LogP) is 3.28. The van der Waals surface area contributed by atoms with Crippen LogP contribution in [0.25, 0.3) is 0 Å². The molecule has 0 radical (unpaired) electrons. The Kier molecular flexibility index (Phi) is 10.5. The van der Waals surface area contributed by atoms with Gasteiger partial charge in [0.05, 0.1) is 25.6 Å². The van der Waals surface area contributed by atoms with Crippen molar-refractivity contribution in [3.8, 4) is 0 Å². The van der Waals surface area contributed by atoms with Crippen molar-refractivity contribution < 1.29 is 22.7 Å². The molecule has 9 heteroatoms. The molecule has 0 spiro atoms. The molecule has 0 aliphatic carbocycles. The Balaban J connectivity index is 0.00000576. The van der Waals surface area contributed by atoms with E-state index < -0.39 is 11.7 Å². The van der Waals surface area contributed by atoms with Crippen LogP contribution in [-0.2, 0) is 22.3 Å². The molecule has 0 unspecified atom stereocenters. The zero-order valence-electron chi connectivity index (χ0n) is 14.4. The Morgan fingerprint density at radius 3 is 2.36 bits per heavy atom. The van der Waals surface area contributed by atoms with Gasteiger partial charge in [-0.2, -0.15) is 13.2 Å². The molecule has 25 heavy (non-hydrogen) atoms. The summed E-state index contributed by atoms with van der Waals surface area (Å²) in [5.74, 6) is 0.223. The number of carbonyl (C=O) groups excluding carboxylic acids is 1. The van der Waals surface area contributed by atoms with E-state index in [0.717, 1.165) is 17.7 Å². The highest BCUT2D eigenvalue weighted by molar-refractivity contribution is 14.0. The van der Waals surface area contributed by atoms with Crippen molar-refractivity contribution in [2.24, 2.45) is 4.99 Å². The first-order valence-corrected chi connectivity index (χ1v) is 7.50. The minimum atomic E-state index is -4.34. The van der Waals surface area contributed by atoms with Crippen molar-refractivity contribution in [1.29, 1.82) is 0 Å². The lowest BCUT2D eigenvalue weighted by atomic mass is 10.1. The third-order valence-electron chi connectivity index (χ3n) is 3.20. The first-order chi connectivity index (χ1) is 11.3. The predicted molar refractivity (Wildman–Crippen MR) is 101 cm³/mol. The van der Waals surface area contributed by atoms with Crippen molar-refractivity contribution in [1.82, 2.24) is 10.2 Å². The Morgan fingerprint density at radius 2 is 1.88 bits per heavy atom. The fourth-order valence-electron chi connectivity index (χ4n) is 1.97. The first kappa shape index (κ1) is 23.5. The highest BCUT2D eigenvalue weighted by Gasteiger charge is 2.29. The zero-order chi connectivity index (χ0) is 18.2. The molecule has 0 aliphatic rings. The Bertz CT molecular complexity index is 563. The van der Waals surface area contributed by atoms with Gasteiger partial charge in [0.2, 0.25) is 0 Å². The Hall–Kier alpha value is -1.52. The molecule has 1 aromatic rings. The number of methoxy groups -OCH3 is 1. The summed E-state index contributed by atoms with van der Waals surface area (Å²) in [7, 11) is 3.09. The van der Waals surface area contributed by atoms with Crippen LogP contribution in [0.1, 0.15) is 24.5 Å². The van der Waals surface area contributed by atoms with Gasteiger partial charge in [-0.1, -0.05) is 12.1 Å². The molecule has 142 valence electrons. The van der Waals surface area contributed by atoms with Crippen LogP contribution in [0, 0.1) is 0 Å². The molecule has 1 aromatic carbocycles. The van der Waals surface area contributed by atoms with Crippen LogP contribution >= 0.6 is 24.0 Å². The number of carbonyl (C=O) groups is 1. The molecule has 0 heterocycles. The third-order valence-corrected chi connectivity index (χ3v) is 3.20. The standard InChI is InChI=1S/C16H22F3N3O2.HI/c1-4-20-15(21-10-9-14(23)24-3)22(2)11-12-5-7-13(8-6-12)16(17,18)19;/h5-8H,4,9-11H2,1-3H3,(H,20,21);1H. The van der Waals surface area contributed by atoms with Crippen LogP contribution in [0.5, 0.6) is 0 Å². The SMILES string of the molecule is CCNC(=NCCC(=O)OC)N(C)Cc1ccc(C(F)(F)F)cc1.I. The topological polar surface area (TPSA) is 53.9 Å². The molecule has 0 saturated carbocycles. The normalized spacial score (nSPS) is 11.5. The number of guanidine groups is 1.